The molecule has 3 rings (SSSR count). The van der Waals surface area contributed by atoms with Gasteiger partial charge in [0.1, 0.15) is 18.0 Å². The van der Waals surface area contributed by atoms with Crippen LogP contribution < -0.4 is 15.4 Å². The number of guanidine groups is 1. The SMILES string of the molecule is COc1cccc(CNC(=O)CN(C(C)=O)C2=NC(=Cc3ccc(Cl)cc3)C(=O)N2)c1. The molecule has 0 unspecified atom stereocenters. The molecule has 0 radical (unpaired) electrons. The minimum absolute atomic E-state index is 0.00856. The van der Waals surface area contributed by atoms with Crippen LogP contribution in [-0.4, -0.2) is 42.2 Å². The van der Waals surface area contributed by atoms with E-state index in [1.165, 1.54) is 6.92 Å². The summed E-state index contributed by atoms with van der Waals surface area (Å²) in [5, 5.41) is 5.85. The maximum absolute atomic E-state index is 12.4. The molecule has 31 heavy (non-hydrogen) atoms. The molecule has 0 aliphatic carbocycles. The molecule has 0 bridgehead atoms. The van der Waals surface area contributed by atoms with Gasteiger partial charge >= 0.3 is 0 Å². The second-order valence-electron chi connectivity index (χ2n) is 6.70. The van der Waals surface area contributed by atoms with Crippen LogP contribution in [0.4, 0.5) is 0 Å². The van der Waals surface area contributed by atoms with Gasteiger partial charge < -0.3 is 10.1 Å². The molecule has 0 saturated heterocycles. The van der Waals surface area contributed by atoms with Crippen LogP contribution >= 0.6 is 11.6 Å². The average molecular weight is 441 g/mol. The average Bonchev–Trinajstić information content (AvgIpc) is 3.11. The van der Waals surface area contributed by atoms with Gasteiger partial charge in [-0.25, -0.2) is 4.99 Å². The first kappa shape index (κ1) is 22.0. The molecule has 0 spiro atoms. The van der Waals surface area contributed by atoms with E-state index in [-0.39, 0.29) is 24.7 Å². The van der Waals surface area contributed by atoms with Crippen molar-refractivity contribution in [1.82, 2.24) is 15.5 Å². The Morgan fingerprint density at radius 2 is 1.97 bits per heavy atom. The minimum atomic E-state index is -0.465. The first-order valence-corrected chi connectivity index (χ1v) is 9.78. The molecule has 2 N–H and O–H groups in total. The third-order valence-electron chi connectivity index (χ3n) is 4.42. The van der Waals surface area contributed by atoms with Crippen LogP contribution in [0.15, 0.2) is 59.2 Å². The first-order valence-electron chi connectivity index (χ1n) is 9.41. The van der Waals surface area contributed by atoms with Gasteiger partial charge in [0.25, 0.3) is 5.91 Å². The molecule has 2 aromatic rings. The van der Waals surface area contributed by atoms with Crippen molar-refractivity contribution in [2.45, 2.75) is 13.5 Å². The molecular formula is C22H21ClN4O4. The lowest BCUT2D eigenvalue weighted by Crippen LogP contribution is -2.47. The highest BCUT2D eigenvalue weighted by atomic mass is 35.5. The Hall–Kier alpha value is -3.65. The van der Waals surface area contributed by atoms with Crippen molar-refractivity contribution in [2.24, 2.45) is 4.99 Å². The van der Waals surface area contributed by atoms with Crippen LogP contribution in [0.5, 0.6) is 5.75 Å². The third kappa shape index (κ3) is 5.93. The van der Waals surface area contributed by atoms with Crippen molar-refractivity contribution in [3.8, 4) is 5.75 Å². The van der Waals surface area contributed by atoms with Gasteiger partial charge in [0.05, 0.1) is 7.11 Å². The summed E-state index contributed by atoms with van der Waals surface area (Å²) >= 11 is 5.87. The number of nitrogens with zero attached hydrogens (tertiary/aromatic N) is 2. The van der Waals surface area contributed by atoms with E-state index in [1.54, 1.807) is 49.6 Å². The number of carbonyl (C=O) groups excluding carboxylic acids is 3. The van der Waals surface area contributed by atoms with E-state index in [1.807, 2.05) is 12.1 Å². The number of methoxy groups -OCH3 is 1. The van der Waals surface area contributed by atoms with Gasteiger partial charge in [0.15, 0.2) is 0 Å². The summed E-state index contributed by atoms with van der Waals surface area (Å²) in [7, 11) is 1.56. The zero-order valence-corrected chi connectivity index (χ0v) is 17.8. The van der Waals surface area contributed by atoms with Crippen molar-refractivity contribution < 1.29 is 19.1 Å². The summed E-state index contributed by atoms with van der Waals surface area (Å²) < 4.78 is 5.16. The largest absolute Gasteiger partial charge is 0.497 e. The molecule has 3 amide bonds. The zero-order valence-electron chi connectivity index (χ0n) is 17.0. The van der Waals surface area contributed by atoms with Crippen LogP contribution in [0.25, 0.3) is 6.08 Å². The molecule has 160 valence electrons. The number of hydrogen-bond donors (Lipinski definition) is 2. The van der Waals surface area contributed by atoms with Crippen LogP contribution in [0.2, 0.25) is 5.02 Å². The smallest absolute Gasteiger partial charge is 0.276 e. The predicted octanol–water partition coefficient (Wildman–Crippen LogP) is 2.34. The van der Waals surface area contributed by atoms with Crippen molar-refractivity contribution in [3.05, 3.63) is 70.4 Å². The number of halogens is 1. The van der Waals surface area contributed by atoms with Gasteiger partial charge in [-0.15, -0.1) is 0 Å². The molecule has 9 heteroatoms. The molecule has 1 heterocycles. The Bertz CT molecular complexity index is 1060. The number of amides is 3. The number of carbonyl (C=O) groups is 3. The van der Waals surface area contributed by atoms with E-state index in [0.29, 0.717) is 10.8 Å². The molecule has 8 nitrogen and oxygen atoms in total. The van der Waals surface area contributed by atoms with E-state index >= 15 is 0 Å². The quantitative estimate of drug-likeness (QED) is 0.673. The summed E-state index contributed by atoms with van der Waals surface area (Å²) in [6.07, 6.45) is 1.57. The Labute approximate surface area is 184 Å². The zero-order chi connectivity index (χ0) is 22.4. The number of nitrogens with one attached hydrogen (secondary N) is 2. The fourth-order valence-electron chi connectivity index (χ4n) is 2.82. The van der Waals surface area contributed by atoms with Gasteiger partial charge in [-0.05, 0) is 41.5 Å². The fraction of sp³-hybridized carbons (Fsp3) is 0.182. The highest BCUT2D eigenvalue weighted by Gasteiger charge is 2.28. The predicted molar refractivity (Wildman–Crippen MR) is 117 cm³/mol. The van der Waals surface area contributed by atoms with Crippen molar-refractivity contribution in [1.29, 1.82) is 0 Å². The number of aliphatic imine (C=N–C) groups is 1. The molecule has 2 aromatic carbocycles. The fourth-order valence-corrected chi connectivity index (χ4v) is 2.94. The lowest BCUT2D eigenvalue weighted by atomic mass is 10.2. The second-order valence-corrected chi connectivity index (χ2v) is 7.14. The Balaban J connectivity index is 1.68. The summed E-state index contributed by atoms with van der Waals surface area (Å²) in [6, 6.07) is 14.1. The molecule has 0 aromatic heterocycles. The van der Waals surface area contributed by atoms with E-state index in [4.69, 9.17) is 16.3 Å². The molecule has 1 aliphatic heterocycles. The molecule has 1 aliphatic rings. The minimum Gasteiger partial charge on any atom is -0.497 e. The third-order valence-corrected chi connectivity index (χ3v) is 4.67. The topological polar surface area (TPSA) is 100 Å². The van der Waals surface area contributed by atoms with Crippen LogP contribution in [0, 0.1) is 0 Å². The lowest BCUT2D eigenvalue weighted by molar-refractivity contribution is -0.131. The Kier molecular flexibility index (Phi) is 7.04. The highest BCUT2D eigenvalue weighted by Crippen LogP contribution is 2.16. The summed E-state index contributed by atoms with van der Waals surface area (Å²) in [5.74, 6) is -0.601. The molecule has 0 saturated carbocycles. The summed E-state index contributed by atoms with van der Waals surface area (Å²) in [4.78, 5) is 42.1. The standard InChI is InChI=1S/C22H21ClN4O4/c1-14(28)27(13-20(29)24-12-16-4-3-5-18(10-16)31-2)22-25-19(21(30)26-22)11-15-6-8-17(23)9-7-15/h3-11H,12-13H2,1-2H3,(H,24,29)(H,25,26,30). The van der Waals surface area contributed by atoms with Crippen molar-refractivity contribution in [3.63, 3.8) is 0 Å². The molecule has 0 atom stereocenters. The van der Waals surface area contributed by atoms with Crippen LogP contribution in [0.1, 0.15) is 18.1 Å². The number of hydrogen-bond acceptors (Lipinski definition) is 5. The Morgan fingerprint density at radius 1 is 1.23 bits per heavy atom. The second kappa shape index (κ2) is 9.90. The van der Waals surface area contributed by atoms with E-state index in [0.717, 1.165) is 16.0 Å². The highest BCUT2D eigenvalue weighted by molar-refractivity contribution is 6.30. The number of benzene rings is 2. The van der Waals surface area contributed by atoms with Gasteiger partial charge in [0, 0.05) is 18.5 Å². The summed E-state index contributed by atoms with van der Waals surface area (Å²) in [5.41, 5.74) is 1.70. The van der Waals surface area contributed by atoms with Crippen molar-refractivity contribution in [2.75, 3.05) is 13.7 Å². The first-order chi connectivity index (χ1) is 14.9. The van der Waals surface area contributed by atoms with Crippen LogP contribution in [0.3, 0.4) is 0 Å². The van der Waals surface area contributed by atoms with E-state index in [9.17, 15) is 14.4 Å². The molecular weight excluding hydrogens is 420 g/mol. The molecule has 0 fully saturated rings. The monoisotopic (exact) mass is 440 g/mol. The Morgan fingerprint density at radius 3 is 2.65 bits per heavy atom. The van der Waals surface area contributed by atoms with E-state index in [2.05, 4.69) is 15.6 Å². The normalized spacial score (nSPS) is 14.1. The summed E-state index contributed by atoms with van der Waals surface area (Å²) in [6.45, 7) is 1.28. The number of rotatable bonds is 6. The maximum atomic E-state index is 12.4. The van der Waals surface area contributed by atoms with Crippen LogP contribution in [-0.2, 0) is 20.9 Å². The maximum Gasteiger partial charge on any atom is 0.276 e. The number of ether oxygens (including phenoxy) is 1. The van der Waals surface area contributed by atoms with Gasteiger partial charge in [0.2, 0.25) is 17.8 Å². The van der Waals surface area contributed by atoms with E-state index < -0.39 is 17.7 Å². The van der Waals surface area contributed by atoms with Gasteiger partial charge in [-0.2, -0.15) is 0 Å². The van der Waals surface area contributed by atoms with Gasteiger partial charge in [-0.1, -0.05) is 35.9 Å². The van der Waals surface area contributed by atoms with Crippen molar-refractivity contribution >= 4 is 41.4 Å². The van der Waals surface area contributed by atoms with Gasteiger partial charge in [-0.3, -0.25) is 24.6 Å². The lowest BCUT2D eigenvalue weighted by Gasteiger charge is -2.19.